The lowest BCUT2D eigenvalue weighted by molar-refractivity contribution is -0.208. The largest absolute Gasteiger partial charge is 0.415 e. The summed E-state index contributed by atoms with van der Waals surface area (Å²) in [7, 11) is 0. The second kappa shape index (κ2) is 7.64. The number of aliphatic hydroxyl groups is 1. The van der Waals surface area contributed by atoms with E-state index in [-0.39, 0.29) is 5.91 Å². The number of alkyl halides is 3. The van der Waals surface area contributed by atoms with Gasteiger partial charge >= 0.3 is 6.18 Å². The molecule has 1 amide bonds. The predicted molar refractivity (Wildman–Crippen MR) is 76.2 cm³/mol. The number of hydrogen-bond acceptors (Lipinski definition) is 3. The number of nitrogens with one attached hydrogen (secondary N) is 1. The van der Waals surface area contributed by atoms with Crippen LogP contribution >= 0.6 is 0 Å². The van der Waals surface area contributed by atoms with Crippen molar-refractivity contribution in [1.82, 2.24) is 10.2 Å². The molecule has 2 rings (SSSR count). The average Bonchev–Trinajstić information content (AvgIpc) is 2.93. The molecule has 2 aliphatic rings. The molecule has 2 fully saturated rings. The van der Waals surface area contributed by atoms with Crippen LogP contribution in [0.3, 0.4) is 0 Å². The molecule has 1 aliphatic carbocycles. The Morgan fingerprint density at radius 2 is 1.86 bits per heavy atom. The summed E-state index contributed by atoms with van der Waals surface area (Å²) in [6, 6.07) is -0.541. The Balaban J connectivity index is 1.80. The van der Waals surface area contributed by atoms with Gasteiger partial charge in [0.15, 0.2) is 6.10 Å². The molecule has 128 valence electrons. The molecule has 0 bridgehead atoms. The molecule has 1 saturated heterocycles. The molecular weight excluding hydrogens is 297 g/mol. The van der Waals surface area contributed by atoms with Gasteiger partial charge in [0.1, 0.15) is 0 Å². The fraction of sp³-hybridized carbons (Fsp3) is 0.933. The number of amides is 1. The van der Waals surface area contributed by atoms with E-state index in [1.54, 1.807) is 0 Å². The van der Waals surface area contributed by atoms with Crippen molar-refractivity contribution in [2.75, 3.05) is 19.6 Å². The smallest absolute Gasteiger partial charge is 0.382 e. The fourth-order valence-electron chi connectivity index (χ4n) is 3.42. The molecule has 7 heteroatoms. The van der Waals surface area contributed by atoms with Gasteiger partial charge in [-0.25, -0.2) is 0 Å². The van der Waals surface area contributed by atoms with E-state index >= 15 is 0 Å². The maximum Gasteiger partial charge on any atom is 0.415 e. The Bertz CT molecular complexity index is 370. The highest BCUT2D eigenvalue weighted by Gasteiger charge is 2.42. The van der Waals surface area contributed by atoms with Crippen LogP contribution in [-0.2, 0) is 4.79 Å². The van der Waals surface area contributed by atoms with E-state index < -0.39 is 24.9 Å². The summed E-state index contributed by atoms with van der Waals surface area (Å²) >= 11 is 0. The highest BCUT2D eigenvalue weighted by molar-refractivity contribution is 5.82. The minimum atomic E-state index is -4.63. The number of hydrogen-bond donors (Lipinski definition) is 2. The molecule has 22 heavy (non-hydrogen) atoms. The summed E-state index contributed by atoms with van der Waals surface area (Å²) in [6.07, 6.45) is 0.0684. The SMILES string of the molecule is O=C(NCC1CCCCC1)C1CCCN1CC(O)C(F)(F)F. The zero-order chi connectivity index (χ0) is 16.2. The van der Waals surface area contributed by atoms with Crippen LogP contribution in [0.15, 0.2) is 0 Å². The molecule has 0 radical (unpaired) electrons. The van der Waals surface area contributed by atoms with E-state index in [4.69, 9.17) is 0 Å². The molecule has 0 aromatic heterocycles. The molecular formula is C15H25F3N2O2. The van der Waals surface area contributed by atoms with Crippen LogP contribution in [0.25, 0.3) is 0 Å². The first kappa shape index (κ1) is 17.5. The van der Waals surface area contributed by atoms with Crippen LogP contribution in [0.4, 0.5) is 13.2 Å². The van der Waals surface area contributed by atoms with Crippen molar-refractivity contribution in [3.63, 3.8) is 0 Å². The van der Waals surface area contributed by atoms with E-state index in [2.05, 4.69) is 5.32 Å². The van der Waals surface area contributed by atoms with Gasteiger partial charge in [0, 0.05) is 13.1 Å². The van der Waals surface area contributed by atoms with Gasteiger partial charge in [0.25, 0.3) is 0 Å². The van der Waals surface area contributed by atoms with Crippen molar-refractivity contribution >= 4 is 5.91 Å². The summed E-state index contributed by atoms with van der Waals surface area (Å²) in [5, 5.41) is 12.1. The first-order valence-corrected chi connectivity index (χ1v) is 8.14. The number of carbonyl (C=O) groups excluding carboxylic acids is 1. The minimum absolute atomic E-state index is 0.197. The lowest BCUT2D eigenvalue weighted by Crippen LogP contribution is -2.49. The quantitative estimate of drug-likeness (QED) is 0.815. The minimum Gasteiger partial charge on any atom is -0.382 e. The van der Waals surface area contributed by atoms with Crippen LogP contribution in [-0.4, -0.2) is 53.9 Å². The monoisotopic (exact) mass is 322 g/mol. The lowest BCUT2D eigenvalue weighted by Gasteiger charge is -2.28. The van der Waals surface area contributed by atoms with Gasteiger partial charge in [-0.2, -0.15) is 13.2 Å². The van der Waals surface area contributed by atoms with Crippen LogP contribution in [0, 0.1) is 5.92 Å². The van der Waals surface area contributed by atoms with Crippen LogP contribution in [0.2, 0.25) is 0 Å². The third kappa shape index (κ3) is 4.84. The zero-order valence-electron chi connectivity index (χ0n) is 12.7. The summed E-state index contributed by atoms with van der Waals surface area (Å²) in [6.45, 7) is 0.519. The molecule has 0 spiro atoms. The Labute approximate surface area is 129 Å². The third-order valence-corrected chi connectivity index (χ3v) is 4.74. The summed E-state index contributed by atoms with van der Waals surface area (Å²) < 4.78 is 37.3. The van der Waals surface area contributed by atoms with Gasteiger partial charge < -0.3 is 10.4 Å². The van der Waals surface area contributed by atoms with Gasteiger partial charge in [-0.05, 0) is 38.1 Å². The van der Waals surface area contributed by atoms with Gasteiger partial charge in [0.2, 0.25) is 5.91 Å². The van der Waals surface area contributed by atoms with E-state index in [1.165, 1.54) is 24.2 Å². The van der Waals surface area contributed by atoms with Gasteiger partial charge in [-0.1, -0.05) is 19.3 Å². The second-order valence-electron chi connectivity index (χ2n) is 6.46. The molecule has 2 atom stereocenters. The Hall–Kier alpha value is -0.820. The van der Waals surface area contributed by atoms with Crippen molar-refractivity contribution in [3.8, 4) is 0 Å². The van der Waals surface area contributed by atoms with Crippen molar-refractivity contribution in [1.29, 1.82) is 0 Å². The predicted octanol–water partition coefficient (Wildman–Crippen LogP) is 2.07. The maximum absolute atomic E-state index is 12.4. The summed E-state index contributed by atoms with van der Waals surface area (Å²) in [4.78, 5) is 13.7. The highest BCUT2D eigenvalue weighted by Crippen LogP contribution is 2.25. The maximum atomic E-state index is 12.4. The first-order chi connectivity index (χ1) is 10.4. The lowest BCUT2D eigenvalue weighted by atomic mass is 9.89. The van der Waals surface area contributed by atoms with E-state index in [0.717, 1.165) is 12.8 Å². The number of β-amino-alcohol motifs (C(OH)–C–C–N with tert-alkyl or cyclic N) is 1. The number of rotatable bonds is 5. The fourth-order valence-corrected chi connectivity index (χ4v) is 3.42. The molecule has 0 aromatic carbocycles. The molecule has 0 aromatic rings. The van der Waals surface area contributed by atoms with Crippen LogP contribution < -0.4 is 5.32 Å². The normalized spacial score (nSPS) is 26.1. The topological polar surface area (TPSA) is 52.6 Å². The summed E-state index contributed by atoms with van der Waals surface area (Å²) in [5.74, 6) is 0.297. The molecule has 2 unspecified atom stereocenters. The Morgan fingerprint density at radius 1 is 1.18 bits per heavy atom. The number of halogens is 3. The Morgan fingerprint density at radius 3 is 2.50 bits per heavy atom. The standard InChI is InChI=1S/C15H25F3N2O2/c16-15(17,18)13(21)10-20-8-4-7-12(20)14(22)19-9-11-5-2-1-3-6-11/h11-13,21H,1-10H2,(H,19,22). The zero-order valence-corrected chi connectivity index (χ0v) is 12.7. The van der Waals surface area contributed by atoms with Crippen molar-refractivity contribution in [2.45, 2.75) is 63.3 Å². The van der Waals surface area contributed by atoms with Crippen molar-refractivity contribution in [3.05, 3.63) is 0 Å². The number of carbonyl (C=O) groups is 1. The van der Waals surface area contributed by atoms with E-state index in [0.29, 0.717) is 31.8 Å². The van der Waals surface area contributed by atoms with Crippen LogP contribution in [0.5, 0.6) is 0 Å². The third-order valence-electron chi connectivity index (χ3n) is 4.74. The van der Waals surface area contributed by atoms with Gasteiger partial charge in [-0.3, -0.25) is 9.69 Å². The van der Waals surface area contributed by atoms with E-state index in [9.17, 15) is 23.1 Å². The summed E-state index contributed by atoms with van der Waals surface area (Å²) in [5.41, 5.74) is 0. The Kier molecular flexibility index (Phi) is 6.09. The van der Waals surface area contributed by atoms with Crippen LogP contribution in [0.1, 0.15) is 44.9 Å². The molecule has 1 saturated carbocycles. The molecule has 2 N–H and O–H groups in total. The van der Waals surface area contributed by atoms with Crippen molar-refractivity contribution < 1.29 is 23.1 Å². The van der Waals surface area contributed by atoms with Crippen molar-refractivity contribution in [2.24, 2.45) is 5.92 Å². The van der Waals surface area contributed by atoms with Gasteiger partial charge in [0.05, 0.1) is 6.04 Å². The molecule has 1 heterocycles. The van der Waals surface area contributed by atoms with E-state index in [1.807, 2.05) is 0 Å². The molecule has 4 nitrogen and oxygen atoms in total. The number of likely N-dealkylation sites (tertiary alicyclic amines) is 1. The van der Waals surface area contributed by atoms with Gasteiger partial charge in [-0.15, -0.1) is 0 Å². The second-order valence-corrected chi connectivity index (χ2v) is 6.46. The average molecular weight is 322 g/mol. The highest BCUT2D eigenvalue weighted by atomic mass is 19.4. The number of aliphatic hydroxyl groups excluding tert-OH is 1. The first-order valence-electron chi connectivity index (χ1n) is 8.14. The molecule has 1 aliphatic heterocycles. The number of nitrogens with zero attached hydrogens (tertiary/aromatic N) is 1.